The van der Waals surface area contributed by atoms with E-state index in [4.69, 9.17) is 4.74 Å². The van der Waals surface area contributed by atoms with Crippen molar-refractivity contribution in [2.24, 2.45) is 5.92 Å². The fraction of sp³-hybridized carbons (Fsp3) is 0.387. The molecule has 2 aromatic carbocycles. The molecule has 12 heteroatoms. The first-order valence-corrected chi connectivity index (χ1v) is 13.9. The fourth-order valence-corrected chi connectivity index (χ4v) is 7.17. The van der Waals surface area contributed by atoms with Crippen LogP contribution in [0.15, 0.2) is 48.3 Å². The molecule has 2 aliphatic heterocycles. The molecule has 7 rings (SSSR count). The number of aromatic nitrogens is 2. The van der Waals surface area contributed by atoms with Crippen molar-refractivity contribution in [1.29, 1.82) is 0 Å². The number of nitrogens with one attached hydrogen (secondary N) is 1. The van der Waals surface area contributed by atoms with Gasteiger partial charge >= 0.3 is 6.61 Å². The molecule has 2 bridgehead atoms. The summed E-state index contributed by atoms with van der Waals surface area (Å²) in [7, 11) is 0. The number of aliphatic hydroxyl groups is 1. The van der Waals surface area contributed by atoms with E-state index in [0.717, 1.165) is 16.7 Å². The molecule has 7 nitrogen and oxygen atoms in total. The molecule has 0 spiro atoms. The second-order valence-electron chi connectivity index (χ2n) is 12.2. The highest BCUT2D eigenvalue weighted by Crippen LogP contribution is 2.56. The summed E-state index contributed by atoms with van der Waals surface area (Å²) < 4.78 is 74.4. The maximum absolute atomic E-state index is 15.5. The molecule has 2 N–H and O–H groups in total. The lowest BCUT2D eigenvalue weighted by atomic mass is 9.70. The molecule has 3 heterocycles. The van der Waals surface area contributed by atoms with Crippen LogP contribution in [0.2, 0.25) is 0 Å². The maximum atomic E-state index is 15.5. The number of rotatable bonds is 5. The monoisotopic (exact) mass is 598 g/mol. The fourth-order valence-electron chi connectivity index (χ4n) is 7.17. The molecule has 0 radical (unpaired) electrons. The van der Waals surface area contributed by atoms with Crippen molar-refractivity contribution in [1.82, 2.24) is 15.3 Å². The van der Waals surface area contributed by atoms with E-state index in [9.17, 15) is 27.5 Å². The number of anilines is 1. The molecule has 2 aliphatic carbocycles. The van der Waals surface area contributed by atoms with Crippen LogP contribution in [0.25, 0.3) is 17.2 Å². The van der Waals surface area contributed by atoms with Crippen LogP contribution in [-0.2, 0) is 11.8 Å². The largest absolute Gasteiger partial charge is 0.434 e. The van der Waals surface area contributed by atoms with Crippen LogP contribution in [0.5, 0.6) is 5.75 Å². The van der Waals surface area contributed by atoms with Crippen LogP contribution in [-0.4, -0.2) is 58.2 Å². The van der Waals surface area contributed by atoms with E-state index < -0.39 is 29.4 Å². The van der Waals surface area contributed by atoms with E-state index in [0.29, 0.717) is 30.9 Å². The Balaban J connectivity index is 1.24. The minimum atomic E-state index is -3.28. The number of alkyl halides is 4. The first-order valence-electron chi connectivity index (χ1n) is 13.9. The number of ether oxygens (including phenoxy) is 1. The van der Waals surface area contributed by atoms with Gasteiger partial charge in [0.2, 0.25) is 5.95 Å². The minimum absolute atomic E-state index is 0.0431. The first kappa shape index (κ1) is 27.8. The molecule has 2 fully saturated rings. The summed E-state index contributed by atoms with van der Waals surface area (Å²) in [4.78, 5) is 23.0. The van der Waals surface area contributed by atoms with Crippen LogP contribution in [0.1, 0.15) is 47.3 Å². The zero-order chi connectivity index (χ0) is 30.5. The predicted molar refractivity (Wildman–Crippen MR) is 147 cm³/mol. The van der Waals surface area contributed by atoms with Crippen molar-refractivity contribution in [3.63, 3.8) is 0 Å². The Morgan fingerprint density at radius 3 is 2.56 bits per heavy atom. The summed E-state index contributed by atoms with van der Waals surface area (Å²) in [6, 6.07) is 7.42. The summed E-state index contributed by atoms with van der Waals surface area (Å²) in [6.45, 7) is -1.13. The quantitative estimate of drug-likeness (QED) is 0.397. The number of carbonyl (C=O) groups excluding carboxylic acids is 1. The molecule has 3 atom stereocenters. The van der Waals surface area contributed by atoms with Crippen LogP contribution in [0.4, 0.5) is 27.9 Å². The second-order valence-corrected chi connectivity index (χ2v) is 12.2. The average molecular weight is 599 g/mol. The average Bonchev–Trinajstić information content (AvgIpc) is 3.12. The summed E-state index contributed by atoms with van der Waals surface area (Å²) in [5, 5.41) is 13.1. The predicted octanol–water partition coefficient (Wildman–Crippen LogP) is 5.12. The lowest BCUT2D eigenvalue weighted by Gasteiger charge is -2.48. The molecule has 3 aromatic rings. The third-order valence-electron chi connectivity index (χ3n) is 9.44. The molecule has 43 heavy (non-hydrogen) atoms. The summed E-state index contributed by atoms with van der Waals surface area (Å²) >= 11 is 0. The van der Waals surface area contributed by atoms with Gasteiger partial charge in [-0.25, -0.2) is 23.1 Å². The maximum Gasteiger partial charge on any atom is 0.387 e. The first-order chi connectivity index (χ1) is 20.3. The molecule has 1 saturated heterocycles. The zero-order valence-electron chi connectivity index (χ0n) is 23.2. The van der Waals surface area contributed by atoms with E-state index in [-0.39, 0.29) is 53.8 Å². The Bertz CT molecular complexity index is 1680. The number of hydrogen-bond acceptors (Lipinski definition) is 6. The molecular formula is C31H27F5N4O3. The van der Waals surface area contributed by atoms with Gasteiger partial charge in [0.25, 0.3) is 11.8 Å². The Morgan fingerprint density at radius 2 is 1.88 bits per heavy atom. The van der Waals surface area contributed by atoms with Crippen molar-refractivity contribution in [3.8, 4) is 16.9 Å². The van der Waals surface area contributed by atoms with E-state index in [1.54, 1.807) is 12.1 Å². The molecule has 1 aromatic heterocycles. The smallest absolute Gasteiger partial charge is 0.387 e. The highest BCUT2D eigenvalue weighted by atomic mass is 19.3. The van der Waals surface area contributed by atoms with Gasteiger partial charge in [0.15, 0.2) is 5.60 Å². The van der Waals surface area contributed by atoms with Gasteiger partial charge in [0.05, 0.1) is 13.1 Å². The van der Waals surface area contributed by atoms with Crippen molar-refractivity contribution in [2.45, 2.75) is 56.3 Å². The third kappa shape index (κ3) is 4.21. The van der Waals surface area contributed by atoms with Crippen LogP contribution >= 0.6 is 0 Å². The third-order valence-corrected chi connectivity index (χ3v) is 9.44. The minimum Gasteiger partial charge on any atom is -0.434 e. The van der Waals surface area contributed by atoms with Crippen molar-refractivity contribution >= 4 is 17.9 Å². The van der Waals surface area contributed by atoms with E-state index >= 15 is 4.39 Å². The Hall–Kier alpha value is -4.06. The Kier molecular flexibility index (Phi) is 5.95. The van der Waals surface area contributed by atoms with Gasteiger partial charge in [0, 0.05) is 58.9 Å². The summed E-state index contributed by atoms with van der Waals surface area (Å²) in [5.74, 6) is -4.19. The van der Waals surface area contributed by atoms with Crippen molar-refractivity contribution in [2.75, 3.05) is 18.0 Å². The lowest BCUT2D eigenvalue weighted by Crippen LogP contribution is -2.70. The zero-order valence-corrected chi connectivity index (χ0v) is 23.2. The molecule has 1 saturated carbocycles. The molecule has 4 aliphatic rings. The van der Waals surface area contributed by atoms with Gasteiger partial charge in [-0.05, 0) is 48.2 Å². The number of amides is 1. The number of fused-ring (bicyclic) bond motifs is 8. The van der Waals surface area contributed by atoms with Gasteiger partial charge < -0.3 is 20.1 Å². The lowest BCUT2D eigenvalue weighted by molar-refractivity contribution is -0.181. The molecule has 1 amide bonds. The van der Waals surface area contributed by atoms with Crippen molar-refractivity contribution < 1.29 is 36.6 Å². The van der Waals surface area contributed by atoms with Gasteiger partial charge in [-0.3, -0.25) is 4.79 Å². The van der Waals surface area contributed by atoms with Gasteiger partial charge in [-0.2, -0.15) is 8.78 Å². The highest BCUT2D eigenvalue weighted by molar-refractivity contribution is 5.98. The van der Waals surface area contributed by atoms with Crippen LogP contribution in [0.3, 0.4) is 0 Å². The Labute approximate surface area is 243 Å². The number of halogens is 5. The highest BCUT2D eigenvalue weighted by Gasteiger charge is 2.57. The Morgan fingerprint density at radius 1 is 1.16 bits per heavy atom. The van der Waals surface area contributed by atoms with Gasteiger partial charge in [0.1, 0.15) is 11.6 Å². The van der Waals surface area contributed by atoms with Gasteiger partial charge in [-0.15, -0.1) is 0 Å². The van der Waals surface area contributed by atoms with Crippen LogP contribution in [0, 0.1) is 11.7 Å². The standard InChI is InChI=1S/C31H27F5N4O3/c1-29-10-23(39-26(41)18-4-3-5-24(25(18)29)43-27(33)34)20-7-16-9-22(32)19(6-15(16)8-21(20)29)17-11-37-28(38-12-17)40-13-31(42,14-40)30(2,35)36/h3-6,8-9,11-12,20,23,27,42H,7,10,13-14H2,1-2H3,(H,39,41)/t20?,23?,29-/m1/s1. The molecule has 2 unspecified atom stereocenters. The van der Waals surface area contributed by atoms with Gasteiger partial charge in [-0.1, -0.05) is 24.6 Å². The number of nitrogens with zero attached hydrogens (tertiary/aromatic N) is 3. The van der Waals surface area contributed by atoms with E-state index in [1.807, 2.05) is 13.0 Å². The van der Waals surface area contributed by atoms with E-state index in [2.05, 4.69) is 15.3 Å². The van der Waals surface area contributed by atoms with Crippen LogP contribution < -0.4 is 15.0 Å². The number of hydrogen-bond donors (Lipinski definition) is 2. The summed E-state index contributed by atoms with van der Waals surface area (Å²) in [6.07, 6.45) is 5.68. The molecule has 224 valence electrons. The molecular weight excluding hydrogens is 571 g/mol. The topological polar surface area (TPSA) is 87.6 Å². The normalized spacial score (nSPS) is 25.2. The van der Waals surface area contributed by atoms with E-state index in [1.165, 1.54) is 35.5 Å². The second kappa shape index (κ2) is 9.22. The van der Waals surface area contributed by atoms with Crippen molar-refractivity contribution in [3.05, 3.63) is 76.4 Å². The number of carbonyl (C=O) groups is 1. The number of β-amino-alcohol motifs (C(OH)–C–C–N with tert-alkyl or cyclic N) is 1. The summed E-state index contributed by atoms with van der Waals surface area (Å²) in [5.41, 5.74) is 0.797. The SMILES string of the molecule is CC(F)(F)C1(O)CN(c2ncc(-c3cc4c(cc3F)CC3C(=C4)[C@@]4(C)CC3NC(=O)c3cccc(OC(F)F)c34)cn2)C1. The number of benzene rings is 2.